The van der Waals surface area contributed by atoms with E-state index in [2.05, 4.69) is 215 Å². The standard InChI is InChI=1S/C50H42N2/c1-7-21-39(22-8-1)45-35-47(41-25-11-3-12-26-41)51(48(36-45)42-27-13-4-14-28-42)33-19-20-34-52-49(43-29-15-5-16-30-43)37-46(40-23-9-2-10-24-40)38-50(52)44-31-17-6-18-32-44/h1-18,21-32,35-38H,19-20,33-34H2/q+2. The summed E-state index contributed by atoms with van der Waals surface area (Å²) < 4.78 is 5.08. The molecule has 2 heteroatoms. The summed E-state index contributed by atoms with van der Waals surface area (Å²) in [6, 6.07) is 74.4. The van der Waals surface area contributed by atoms with Crippen LogP contribution in [0.25, 0.3) is 67.3 Å². The summed E-state index contributed by atoms with van der Waals surface area (Å²) in [5, 5.41) is 0. The SMILES string of the molecule is c1ccc(-c2cc(-c3ccccc3)[n+](CCCC[n+]3c(-c4ccccc4)cc(-c4ccccc4)cc3-c3ccccc3)c(-c3ccccc3)c2)cc1. The molecule has 0 bridgehead atoms. The van der Waals surface area contributed by atoms with Gasteiger partial charge in [0.25, 0.3) is 0 Å². The van der Waals surface area contributed by atoms with Crippen molar-refractivity contribution < 1.29 is 9.13 Å². The largest absolute Gasteiger partial charge is 0.213 e. The van der Waals surface area contributed by atoms with Gasteiger partial charge in [-0.25, -0.2) is 0 Å². The van der Waals surface area contributed by atoms with Gasteiger partial charge < -0.3 is 0 Å². The van der Waals surface area contributed by atoms with E-state index in [1.54, 1.807) is 0 Å². The Morgan fingerprint density at radius 2 is 0.442 bits per heavy atom. The Morgan fingerprint density at radius 1 is 0.231 bits per heavy atom. The Labute approximate surface area is 307 Å². The molecule has 0 unspecified atom stereocenters. The van der Waals surface area contributed by atoms with Gasteiger partial charge in [0, 0.05) is 59.4 Å². The quantitative estimate of drug-likeness (QED) is 0.0956. The molecule has 8 aromatic rings. The fourth-order valence-electron chi connectivity index (χ4n) is 7.25. The maximum absolute atomic E-state index is 2.54. The number of rotatable bonds is 11. The summed E-state index contributed by atoms with van der Waals surface area (Å²) in [6.07, 6.45) is 2.04. The lowest BCUT2D eigenvalue weighted by Crippen LogP contribution is -2.41. The lowest BCUT2D eigenvalue weighted by Gasteiger charge is -2.14. The first-order valence-corrected chi connectivity index (χ1v) is 18.3. The third kappa shape index (κ3) is 7.24. The maximum Gasteiger partial charge on any atom is 0.213 e. The molecule has 0 atom stereocenters. The van der Waals surface area contributed by atoms with Crippen LogP contribution in [0.4, 0.5) is 0 Å². The first kappa shape index (κ1) is 32.8. The summed E-state index contributed by atoms with van der Waals surface area (Å²) in [7, 11) is 0. The minimum atomic E-state index is 0.896. The molecule has 52 heavy (non-hydrogen) atoms. The smallest absolute Gasteiger partial charge is 0.191 e. The zero-order valence-corrected chi connectivity index (χ0v) is 29.4. The molecule has 2 heterocycles. The Kier molecular flexibility index (Phi) is 9.88. The van der Waals surface area contributed by atoms with Crippen LogP contribution in [-0.2, 0) is 13.1 Å². The van der Waals surface area contributed by atoms with Crippen LogP contribution >= 0.6 is 0 Å². The summed E-state index contributed by atoms with van der Waals surface area (Å²) >= 11 is 0. The van der Waals surface area contributed by atoms with Crippen LogP contribution in [0.1, 0.15) is 12.8 Å². The fraction of sp³-hybridized carbons (Fsp3) is 0.0800. The molecule has 0 saturated heterocycles. The molecule has 2 nitrogen and oxygen atoms in total. The molecule has 0 fully saturated rings. The summed E-state index contributed by atoms with van der Waals surface area (Å²) in [5.41, 5.74) is 14.7. The van der Waals surface area contributed by atoms with E-state index in [0.717, 1.165) is 25.9 Å². The number of hydrogen-bond acceptors (Lipinski definition) is 0. The molecular formula is C50H42N2+2. The van der Waals surface area contributed by atoms with Gasteiger partial charge in [0.05, 0.1) is 0 Å². The molecule has 0 aliphatic carbocycles. The lowest BCUT2D eigenvalue weighted by atomic mass is 9.98. The van der Waals surface area contributed by atoms with Gasteiger partial charge in [-0.15, -0.1) is 0 Å². The van der Waals surface area contributed by atoms with Crippen molar-refractivity contribution in [2.45, 2.75) is 25.9 Å². The number of nitrogens with zero attached hydrogens (tertiary/aromatic N) is 2. The summed E-state index contributed by atoms with van der Waals surface area (Å²) in [6.45, 7) is 1.79. The molecule has 8 rings (SSSR count). The molecule has 0 N–H and O–H groups in total. The second-order valence-corrected chi connectivity index (χ2v) is 13.2. The van der Waals surface area contributed by atoms with Crippen LogP contribution in [0.5, 0.6) is 0 Å². The van der Waals surface area contributed by atoms with Crippen molar-refractivity contribution >= 4 is 0 Å². The van der Waals surface area contributed by atoms with E-state index < -0.39 is 0 Å². The number of pyridine rings is 2. The first-order valence-electron chi connectivity index (χ1n) is 18.3. The Morgan fingerprint density at radius 3 is 0.673 bits per heavy atom. The summed E-state index contributed by atoms with van der Waals surface area (Å²) in [4.78, 5) is 0. The van der Waals surface area contributed by atoms with Gasteiger partial charge in [0.1, 0.15) is 13.1 Å². The van der Waals surface area contributed by atoms with Gasteiger partial charge >= 0.3 is 0 Å². The maximum atomic E-state index is 2.54. The van der Waals surface area contributed by atoms with Crippen molar-refractivity contribution in [2.75, 3.05) is 0 Å². The van der Waals surface area contributed by atoms with E-state index >= 15 is 0 Å². The zero-order valence-electron chi connectivity index (χ0n) is 29.4. The minimum absolute atomic E-state index is 0.896. The second kappa shape index (κ2) is 15.7. The molecule has 0 amide bonds. The monoisotopic (exact) mass is 670 g/mol. The average Bonchev–Trinajstić information content (AvgIpc) is 3.24. The van der Waals surface area contributed by atoms with Crippen LogP contribution in [-0.4, -0.2) is 0 Å². The average molecular weight is 671 g/mol. The molecular weight excluding hydrogens is 629 g/mol. The molecule has 6 aromatic carbocycles. The normalized spacial score (nSPS) is 11.0. The second-order valence-electron chi connectivity index (χ2n) is 13.2. The third-order valence-corrected chi connectivity index (χ3v) is 9.84. The highest BCUT2D eigenvalue weighted by molar-refractivity contribution is 5.75. The highest BCUT2D eigenvalue weighted by Crippen LogP contribution is 2.31. The van der Waals surface area contributed by atoms with Crippen molar-refractivity contribution in [2.24, 2.45) is 0 Å². The zero-order chi connectivity index (χ0) is 35.0. The Bertz CT molecular complexity index is 2060. The van der Waals surface area contributed by atoms with Gasteiger partial charge in [-0.05, 0) is 70.8 Å². The molecule has 0 saturated carbocycles. The topological polar surface area (TPSA) is 7.76 Å². The molecule has 250 valence electrons. The van der Waals surface area contributed by atoms with Gasteiger partial charge in [-0.1, -0.05) is 133 Å². The number of hydrogen-bond donors (Lipinski definition) is 0. The predicted molar refractivity (Wildman–Crippen MR) is 215 cm³/mol. The van der Waals surface area contributed by atoms with Gasteiger partial charge in [-0.3, -0.25) is 0 Å². The third-order valence-electron chi connectivity index (χ3n) is 9.84. The molecule has 0 radical (unpaired) electrons. The van der Waals surface area contributed by atoms with Crippen molar-refractivity contribution in [1.29, 1.82) is 0 Å². The van der Waals surface area contributed by atoms with Crippen LogP contribution in [0.15, 0.2) is 206 Å². The lowest BCUT2D eigenvalue weighted by molar-refractivity contribution is -0.687. The molecule has 2 aromatic heterocycles. The highest BCUT2D eigenvalue weighted by Gasteiger charge is 2.25. The Balaban J connectivity index is 1.19. The van der Waals surface area contributed by atoms with Crippen molar-refractivity contribution in [1.82, 2.24) is 0 Å². The van der Waals surface area contributed by atoms with Crippen LogP contribution in [0, 0.1) is 0 Å². The number of unbranched alkanes of at least 4 members (excludes halogenated alkanes) is 1. The van der Waals surface area contributed by atoms with Crippen LogP contribution in [0.2, 0.25) is 0 Å². The van der Waals surface area contributed by atoms with Crippen LogP contribution < -0.4 is 9.13 Å². The van der Waals surface area contributed by atoms with Crippen molar-refractivity contribution in [3.8, 4) is 67.3 Å². The van der Waals surface area contributed by atoms with Crippen LogP contribution in [0.3, 0.4) is 0 Å². The first-order chi connectivity index (χ1) is 25.8. The molecule has 0 aliphatic heterocycles. The highest BCUT2D eigenvalue weighted by atomic mass is 15.0. The van der Waals surface area contributed by atoms with Gasteiger partial charge in [0.15, 0.2) is 0 Å². The van der Waals surface area contributed by atoms with E-state index in [4.69, 9.17) is 0 Å². The predicted octanol–water partition coefficient (Wildman–Crippen LogP) is 11.7. The Hall–Kier alpha value is -6.38. The van der Waals surface area contributed by atoms with Crippen molar-refractivity contribution in [3.63, 3.8) is 0 Å². The fourth-order valence-corrected chi connectivity index (χ4v) is 7.25. The van der Waals surface area contributed by atoms with E-state index in [9.17, 15) is 0 Å². The summed E-state index contributed by atoms with van der Waals surface area (Å²) in [5.74, 6) is 0. The van der Waals surface area contributed by atoms with E-state index in [-0.39, 0.29) is 0 Å². The molecule has 0 aliphatic rings. The number of aromatic nitrogens is 2. The van der Waals surface area contributed by atoms with E-state index in [1.807, 2.05) is 0 Å². The van der Waals surface area contributed by atoms with Gasteiger partial charge in [0.2, 0.25) is 22.8 Å². The van der Waals surface area contributed by atoms with Gasteiger partial charge in [-0.2, -0.15) is 9.13 Å². The minimum Gasteiger partial charge on any atom is -0.191 e. The number of benzene rings is 6. The van der Waals surface area contributed by atoms with Crippen molar-refractivity contribution in [3.05, 3.63) is 206 Å². The van der Waals surface area contributed by atoms with E-state index in [1.165, 1.54) is 67.3 Å². The van der Waals surface area contributed by atoms with E-state index in [0.29, 0.717) is 0 Å². The molecule has 0 spiro atoms.